The predicted molar refractivity (Wildman–Crippen MR) is 80.3 cm³/mol. The molecular formula is C15H26N4O4. The number of carboxylic acids is 1. The van der Waals surface area contributed by atoms with Gasteiger partial charge >= 0.3 is 5.97 Å². The number of hydrogen-bond acceptors (Lipinski definition) is 7. The van der Waals surface area contributed by atoms with Crippen LogP contribution in [0.1, 0.15) is 44.9 Å². The lowest BCUT2D eigenvalue weighted by Crippen LogP contribution is -2.47. The second-order valence-electron chi connectivity index (χ2n) is 7.39. The van der Waals surface area contributed by atoms with Gasteiger partial charge in [0.25, 0.3) is 0 Å². The van der Waals surface area contributed by atoms with Crippen LogP contribution in [0.15, 0.2) is 0 Å². The molecular weight excluding hydrogens is 300 g/mol. The molecule has 5 N–H and O–H groups in total. The van der Waals surface area contributed by atoms with E-state index < -0.39 is 5.97 Å². The maximum Gasteiger partial charge on any atom is 0.306 e. The molecule has 23 heavy (non-hydrogen) atoms. The summed E-state index contributed by atoms with van der Waals surface area (Å²) in [6.07, 6.45) is 6.78. The Hall–Kier alpha value is -0.770. The van der Waals surface area contributed by atoms with Gasteiger partial charge in [-0.05, 0) is 44.4 Å². The minimum atomic E-state index is -0.664. The molecule has 0 aromatic rings. The Kier molecular flexibility index (Phi) is 4.53. The summed E-state index contributed by atoms with van der Waals surface area (Å²) in [5, 5.41) is 12.8. The van der Waals surface area contributed by atoms with Gasteiger partial charge in [0.2, 0.25) is 0 Å². The molecule has 8 heteroatoms. The molecule has 2 aliphatic heterocycles. The molecule has 7 unspecified atom stereocenters. The van der Waals surface area contributed by atoms with Crippen LogP contribution in [-0.4, -0.2) is 35.6 Å². The quantitative estimate of drug-likeness (QED) is 0.502. The summed E-state index contributed by atoms with van der Waals surface area (Å²) in [5.74, 6) is -0.120. The van der Waals surface area contributed by atoms with Crippen LogP contribution in [0.4, 0.5) is 0 Å². The molecule has 7 atom stereocenters. The Morgan fingerprint density at radius 2 is 1.83 bits per heavy atom. The molecule has 0 radical (unpaired) electrons. The van der Waals surface area contributed by atoms with Crippen molar-refractivity contribution in [2.45, 2.75) is 69.4 Å². The number of hydroxylamine groups is 3. The van der Waals surface area contributed by atoms with Crippen molar-refractivity contribution in [3.8, 4) is 0 Å². The zero-order chi connectivity index (χ0) is 15.8. The lowest BCUT2D eigenvalue weighted by molar-refractivity contribution is -0.143. The highest BCUT2D eigenvalue weighted by molar-refractivity contribution is 5.70. The molecule has 0 bridgehead atoms. The Labute approximate surface area is 135 Å². The SMILES string of the molecule is O=C(O)C1CCCC(C2NOC(C3CCC4NONC4C3)N2)C1. The minimum Gasteiger partial charge on any atom is -0.481 e. The highest BCUT2D eigenvalue weighted by Crippen LogP contribution is 2.35. The number of carbonyl (C=O) groups is 1. The fourth-order valence-electron chi connectivity index (χ4n) is 4.55. The molecule has 8 nitrogen and oxygen atoms in total. The zero-order valence-corrected chi connectivity index (χ0v) is 13.2. The third-order valence-corrected chi connectivity index (χ3v) is 5.94. The number of aliphatic carboxylic acids is 1. The minimum absolute atomic E-state index is 0.00597. The van der Waals surface area contributed by atoms with E-state index in [1.54, 1.807) is 0 Å². The Balaban J connectivity index is 1.31. The highest BCUT2D eigenvalue weighted by Gasteiger charge is 2.42. The summed E-state index contributed by atoms with van der Waals surface area (Å²) in [7, 11) is 0. The van der Waals surface area contributed by atoms with Crippen LogP contribution < -0.4 is 21.8 Å². The van der Waals surface area contributed by atoms with Crippen molar-refractivity contribution in [1.29, 1.82) is 0 Å². The number of carboxylic acid groups (broad SMARTS) is 1. The number of fused-ring (bicyclic) bond motifs is 1. The van der Waals surface area contributed by atoms with Crippen molar-refractivity contribution in [3.63, 3.8) is 0 Å². The first-order valence-corrected chi connectivity index (χ1v) is 8.77. The largest absolute Gasteiger partial charge is 0.481 e. The van der Waals surface area contributed by atoms with Gasteiger partial charge in [-0.15, -0.1) is 0 Å². The first kappa shape index (κ1) is 15.7. The summed E-state index contributed by atoms with van der Waals surface area (Å²) in [5.41, 5.74) is 9.15. The molecule has 2 heterocycles. The molecule has 2 saturated heterocycles. The van der Waals surface area contributed by atoms with Crippen molar-refractivity contribution in [2.75, 3.05) is 0 Å². The van der Waals surface area contributed by atoms with E-state index in [9.17, 15) is 9.90 Å². The average molecular weight is 326 g/mol. The summed E-state index contributed by atoms with van der Waals surface area (Å²) >= 11 is 0. The number of rotatable bonds is 3. The van der Waals surface area contributed by atoms with Gasteiger partial charge in [-0.3, -0.25) is 14.9 Å². The molecule has 0 spiro atoms. The topological polar surface area (TPSA) is 104 Å². The predicted octanol–water partition coefficient (Wildman–Crippen LogP) is 0.231. The van der Waals surface area contributed by atoms with Gasteiger partial charge in [0, 0.05) is 5.92 Å². The van der Waals surface area contributed by atoms with Crippen molar-refractivity contribution >= 4 is 5.97 Å². The first-order valence-electron chi connectivity index (χ1n) is 8.77. The van der Waals surface area contributed by atoms with Gasteiger partial charge in [-0.1, -0.05) is 6.42 Å². The van der Waals surface area contributed by atoms with Gasteiger partial charge in [0.15, 0.2) is 0 Å². The van der Waals surface area contributed by atoms with E-state index in [0.717, 1.165) is 44.9 Å². The van der Waals surface area contributed by atoms with Crippen LogP contribution in [0.3, 0.4) is 0 Å². The van der Waals surface area contributed by atoms with Gasteiger partial charge in [-0.25, -0.2) is 4.94 Å². The van der Waals surface area contributed by atoms with E-state index in [2.05, 4.69) is 21.8 Å². The fourth-order valence-corrected chi connectivity index (χ4v) is 4.55. The van der Waals surface area contributed by atoms with E-state index in [-0.39, 0.29) is 18.3 Å². The smallest absolute Gasteiger partial charge is 0.306 e. The maximum atomic E-state index is 11.2. The first-order chi connectivity index (χ1) is 11.2. The highest BCUT2D eigenvalue weighted by atomic mass is 16.8. The standard InChI is InChI=1S/C15H26N4O4/c20-15(21)10-3-1-2-8(6-10)13-16-14(22-19-13)9-4-5-11-12(7-9)18-23-17-11/h8-14,16-19H,1-7H2,(H,20,21). The van der Waals surface area contributed by atoms with Gasteiger partial charge in [0.05, 0.1) is 24.2 Å². The second kappa shape index (κ2) is 6.62. The lowest BCUT2D eigenvalue weighted by atomic mass is 9.79. The van der Waals surface area contributed by atoms with E-state index >= 15 is 0 Å². The van der Waals surface area contributed by atoms with E-state index in [1.807, 2.05) is 0 Å². The molecule has 2 aliphatic carbocycles. The Bertz CT molecular complexity index is 451. The van der Waals surface area contributed by atoms with Crippen LogP contribution in [0.2, 0.25) is 0 Å². The number of nitrogens with one attached hydrogen (secondary N) is 4. The van der Waals surface area contributed by atoms with Crippen LogP contribution in [0.5, 0.6) is 0 Å². The fraction of sp³-hybridized carbons (Fsp3) is 0.933. The van der Waals surface area contributed by atoms with Crippen LogP contribution in [0, 0.1) is 17.8 Å². The van der Waals surface area contributed by atoms with Crippen LogP contribution in [0.25, 0.3) is 0 Å². The molecule has 0 aromatic heterocycles. The molecule has 4 rings (SSSR count). The summed E-state index contributed by atoms with van der Waals surface area (Å²) in [6, 6.07) is 0.732. The van der Waals surface area contributed by atoms with Gasteiger partial charge < -0.3 is 5.11 Å². The molecule has 0 amide bonds. The van der Waals surface area contributed by atoms with Crippen molar-refractivity contribution in [3.05, 3.63) is 0 Å². The Morgan fingerprint density at radius 1 is 0.957 bits per heavy atom. The van der Waals surface area contributed by atoms with Crippen molar-refractivity contribution < 1.29 is 19.7 Å². The zero-order valence-electron chi connectivity index (χ0n) is 13.2. The van der Waals surface area contributed by atoms with E-state index in [0.29, 0.717) is 23.9 Å². The third-order valence-electron chi connectivity index (χ3n) is 5.94. The molecule has 4 fully saturated rings. The van der Waals surface area contributed by atoms with Crippen LogP contribution >= 0.6 is 0 Å². The lowest BCUT2D eigenvalue weighted by Gasteiger charge is -2.33. The molecule has 2 saturated carbocycles. The van der Waals surface area contributed by atoms with E-state index in [1.165, 1.54) is 0 Å². The second-order valence-corrected chi connectivity index (χ2v) is 7.39. The van der Waals surface area contributed by atoms with Crippen molar-refractivity contribution in [1.82, 2.24) is 21.8 Å². The summed E-state index contributed by atoms with van der Waals surface area (Å²) < 4.78 is 0. The Morgan fingerprint density at radius 3 is 2.70 bits per heavy atom. The summed E-state index contributed by atoms with van der Waals surface area (Å²) in [6.45, 7) is 0. The monoisotopic (exact) mass is 326 g/mol. The van der Waals surface area contributed by atoms with Crippen LogP contribution in [-0.2, 0) is 14.6 Å². The third kappa shape index (κ3) is 3.24. The molecule has 130 valence electrons. The van der Waals surface area contributed by atoms with Gasteiger partial charge in [-0.2, -0.15) is 16.4 Å². The van der Waals surface area contributed by atoms with Gasteiger partial charge in [0.1, 0.15) is 6.23 Å². The van der Waals surface area contributed by atoms with E-state index in [4.69, 9.17) is 9.78 Å². The normalized spacial score (nSPS) is 47.4. The molecule has 4 aliphatic rings. The average Bonchev–Trinajstić information content (AvgIpc) is 3.23. The maximum absolute atomic E-state index is 11.2. The molecule has 0 aromatic carbocycles. The number of hydrogen-bond donors (Lipinski definition) is 5. The van der Waals surface area contributed by atoms with Crippen molar-refractivity contribution in [2.24, 2.45) is 17.8 Å². The summed E-state index contributed by atoms with van der Waals surface area (Å²) in [4.78, 5) is 22.2.